The molecule has 1 aromatic carbocycles. The number of ether oxygens (including phenoxy) is 4. The fourth-order valence-electron chi connectivity index (χ4n) is 21.7. The predicted octanol–water partition coefficient (Wildman–Crippen LogP) is 6.64. The molecule has 7 aliphatic carbocycles. The highest BCUT2D eigenvalue weighted by molar-refractivity contribution is 5.93. The number of aliphatic hydroxyl groups excluding tert-OH is 3. The van der Waals surface area contributed by atoms with Crippen LogP contribution in [0.2, 0.25) is 0 Å². The molecule has 6 saturated carbocycles. The molecule has 4 bridgehead atoms. The van der Waals surface area contributed by atoms with Crippen molar-refractivity contribution in [2.45, 2.75) is 164 Å². The van der Waals surface area contributed by atoms with Crippen molar-refractivity contribution >= 4 is 17.7 Å². The van der Waals surface area contributed by atoms with Crippen molar-refractivity contribution in [1.29, 1.82) is 0 Å². The van der Waals surface area contributed by atoms with Crippen molar-refractivity contribution in [3.63, 3.8) is 0 Å². The first-order valence-corrected chi connectivity index (χ1v) is 29.2. The lowest BCUT2D eigenvalue weighted by Gasteiger charge is -2.72. The third-order valence-corrected chi connectivity index (χ3v) is 24.4. The third kappa shape index (κ3) is 5.96. The molecule has 75 heavy (non-hydrogen) atoms. The summed E-state index contributed by atoms with van der Waals surface area (Å²) in [5, 5.41) is 40.4. The van der Waals surface area contributed by atoms with Crippen LogP contribution in [0, 0.1) is 98.6 Å². The van der Waals surface area contributed by atoms with Crippen LogP contribution in [0.15, 0.2) is 59.4 Å². The SMILES string of the molecule is CC1(C)O[C@H]2[C@]3(CC[C@H](CO)C3)C(=O)OC[C@@]23[C@@H]1C(=O)[C@@H](O)[C@]12[C@@H]3CC[C@]3(C)[C@@]14O[C@@H]4C(=O)O[C@]3(c1ccoc1C[C@@H]1[C@H]3C[C@H]4C=CN5CNC[C@H]5[C@@H]4C[C@H]3CC[C@@H]1O)CC#C[C@@H]1CC[C@H](Cc3ccccc3)C[C@@H]12. The Labute approximate surface area is 440 Å². The number of nitrogens with one attached hydrogen (secondary N) is 1. The van der Waals surface area contributed by atoms with Crippen LogP contribution in [0.3, 0.4) is 0 Å². The number of fused-ring (bicyclic) bond motifs is 6. The van der Waals surface area contributed by atoms with E-state index in [0.29, 0.717) is 74.5 Å². The molecule has 0 radical (unpaired) electrons. The number of furan rings is 1. The van der Waals surface area contributed by atoms with Gasteiger partial charge in [-0.15, -0.1) is 0 Å². The summed E-state index contributed by atoms with van der Waals surface area (Å²) in [4.78, 5) is 49.0. The molecule has 13 heteroatoms. The van der Waals surface area contributed by atoms with E-state index in [2.05, 4.69) is 65.5 Å². The number of esters is 2. The summed E-state index contributed by atoms with van der Waals surface area (Å²) in [6.07, 6.45) is 12.7. The van der Waals surface area contributed by atoms with E-state index in [1.54, 1.807) is 6.26 Å². The molecule has 5 saturated heterocycles. The zero-order valence-corrected chi connectivity index (χ0v) is 43.9. The molecule has 6 aliphatic heterocycles. The molecular weight excluding hydrogens is 949 g/mol. The number of ketones is 1. The van der Waals surface area contributed by atoms with Gasteiger partial charge in [0.15, 0.2) is 17.5 Å². The summed E-state index contributed by atoms with van der Waals surface area (Å²) >= 11 is 0. The average Bonchev–Trinajstić information content (AvgIpc) is 3.71. The van der Waals surface area contributed by atoms with Crippen LogP contribution in [0.1, 0.15) is 121 Å². The Kier molecular flexibility index (Phi) is 10.4. The first-order valence-electron chi connectivity index (χ1n) is 29.2. The second-order valence-corrected chi connectivity index (χ2v) is 27.4. The Hall–Kier alpha value is -4.03. The van der Waals surface area contributed by atoms with Crippen molar-refractivity contribution in [2.24, 2.45) is 86.8 Å². The number of carbonyl (C=O) groups is 3. The van der Waals surface area contributed by atoms with E-state index in [9.17, 15) is 20.1 Å². The second kappa shape index (κ2) is 16.3. The lowest BCUT2D eigenvalue weighted by Crippen LogP contribution is -2.81. The number of cyclic esters (lactones) is 1. The molecule has 13 aliphatic rings. The molecule has 0 unspecified atom stereocenters. The maximum atomic E-state index is 16.4. The lowest BCUT2D eigenvalue weighted by molar-refractivity contribution is -0.301. The number of hydrogen-bond acceptors (Lipinski definition) is 13. The highest BCUT2D eigenvalue weighted by Crippen LogP contribution is 2.85. The predicted molar refractivity (Wildman–Crippen MR) is 271 cm³/mol. The molecule has 0 amide bonds. The highest BCUT2D eigenvalue weighted by Gasteiger charge is 2.96. The normalized spacial score (nSPS) is 51.1. The molecule has 13 nitrogen and oxygen atoms in total. The third-order valence-electron chi connectivity index (χ3n) is 24.4. The summed E-state index contributed by atoms with van der Waals surface area (Å²) in [7, 11) is 0. The second-order valence-electron chi connectivity index (χ2n) is 27.4. The molecule has 2 aromatic rings. The fourth-order valence-corrected chi connectivity index (χ4v) is 21.7. The van der Waals surface area contributed by atoms with Gasteiger partial charge in [-0.25, -0.2) is 4.79 Å². The molecule has 4 N–H and O–H groups in total. The first kappa shape index (κ1) is 48.1. The van der Waals surface area contributed by atoms with Crippen molar-refractivity contribution < 1.29 is 53.1 Å². The van der Waals surface area contributed by atoms with E-state index in [0.717, 1.165) is 63.7 Å². The number of carbonyl (C=O) groups excluding carboxylic acids is 3. The van der Waals surface area contributed by atoms with Gasteiger partial charge in [0.1, 0.15) is 24.1 Å². The fraction of sp³-hybridized carbons (Fsp3) is 0.726. The van der Waals surface area contributed by atoms with Gasteiger partial charge >= 0.3 is 11.9 Å². The van der Waals surface area contributed by atoms with Gasteiger partial charge in [-0.05, 0) is 168 Å². The number of epoxide rings is 1. The summed E-state index contributed by atoms with van der Waals surface area (Å²) in [5.74, 6) is 6.90. The zero-order chi connectivity index (χ0) is 51.2. The van der Waals surface area contributed by atoms with Crippen molar-refractivity contribution in [2.75, 3.05) is 26.4 Å². The highest BCUT2D eigenvalue weighted by atomic mass is 16.7. The smallest absolute Gasteiger partial charge is 0.339 e. The molecule has 4 spiro atoms. The molecule has 1 aromatic heterocycles. The van der Waals surface area contributed by atoms with Crippen LogP contribution in [0.5, 0.6) is 0 Å². The Balaban J connectivity index is 0.891. The number of benzene rings is 1. The van der Waals surface area contributed by atoms with E-state index < -0.39 is 80.7 Å². The topological polar surface area (TPSA) is 181 Å². The zero-order valence-electron chi connectivity index (χ0n) is 43.9. The van der Waals surface area contributed by atoms with E-state index in [4.69, 9.17) is 23.4 Å². The Bertz CT molecular complexity index is 2800. The average molecular weight is 1030 g/mol. The minimum atomic E-state index is -1.56. The summed E-state index contributed by atoms with van der Waals surface area (Å²) < 4.78 is 35.2. The summed E-state index contributed by atoms with van der Waals surface area (Å²) in [6, 6.07) is 13.0. The molecule has 400 valence electrons. The number of Topliss-reactive ketones (excluding diaryl/α,β-unsaturated/α-hetero) is 1. The molecule has 22 atom stereocenters. The van der Waals surface area contributed by atoms with E-state index >= 15 is 9.59 Å². The summed E-state index contributed by atoms with van der Waals surface area (Å²) in [5.41, 5.74) is -6.54. The Morgan fingerprint density at radius 1 is 0.893 bits per heavy atom. The van der Waals surface area contributed by atoms with Crippen LogP contribution in [0.4, 0.5) is 0 Å². The van der Waals surface area contributed by atoms with E-state index in [1.807, 2.05) is 26.0 Å². The number of aliphatic hydroxyl groups is 3. The number of rotatable bonds is 6. The Morgan fingerprint density at radius 2 is 1.75 bits per heavy atom. The van der Waals surface area contributed by atoms with Crippen LogP contribution < -0.4 is 5.32 Å². The van der Waals surface area contributed by atoms with Crippen molar-refractivity contribution in [3.8, 4) is 11.8 Å². The molecule has 11 fully saturated rings. The first-order chi connectivity index (χ1) is 36.2. The maximum Gasteiger partial charge on any atom is 0.339 e. The number of nitrogens with zero attached hydrogens (tertiary/aromatic N) is 1. The van der Waals surface area contributed by atoms with E-state index in [-0.39, 0.29) is 66.9 Å². The minimum Gasteiger partial charge on any atom is -0.469 e. The Morgan fingerprint density at radius 3 is 2.57 bits per heavy atom. The van der Waals surface area contributed by atoms with Gasteiger partial charge < -0.3 is 43.6 Å². The monoisotopic (exact) mass is 1020 g/mol. The summed E-state index contributed by atoms with van der Waals surface area (Å²) in [6.45, 7) is 7.88. The van der Waals surface area contributed by atoms with Crippen LogP contribution in [-0.2, 0) is 51.8 Å². The van der Waals surface area contributed by atoms with Gasteiger partial charge in [0.25, 0.3) is 0 Å². The number of hydrogen-bond donors (Lipinski definition) is 4. The minimum absolute atomic E-state index is 0.0461. The van der Waals surface area contributed by atoms with Gasteiger partial charge in [0.2, 0.25) is 0 Å². The van der Waals surface area contributed by atoms with Gasteiger partial charge in [-0.1, -0.05) is 55.2 Å². The van der Waals surface area contributed by atoms with Gasteiger partial charge in [-0.2, -0.15) is 0 Å². The largest absolute Gasteiger partial charge is 0.469 e. The van der Waals surface area contributed by atoms with Crippen molar-refractivity contribution in [3.05, 3.63) is 71.8 Å². The number of allylic oxidation sites excluding steroid dienone is 1. The van der Waals surface area contributed by atoms with Crippen LogP contribution >= 0.6 is 0 Å². The molecule has 15 rings (SSSR count). The maximum absolute atomic E-state index is 16.4. The van der Waals surface area contributed by atoms with Crippen LogP contribution in [-0.4, -0.2) is 106 Å². The molecular formula is C62H76N2O11. The lowest BCUT2D eigenvalue weighted by atomic mass is 9.30. The standard InChI is InChI=1S/C62H76N2O11/c1-56(2)50-49(67)51(68)61-44-25-35(24-34-8-5-4-6-9-34)11-12-37(44)10-7-19-60(43-18-23-71-47(43)28-42-40-26-39-17-22-64-33-63-30-45(64)41(39)27-38(40)13-14-46(42)66)57(3,62(61)52(73-62)53(69)74-60)20-16-48(61)59(50)32-72-55(70)58(54(59)75-56)21-15-36(29-58)31-65/h4-6,8-9,17-18,22-23,35-42,44-46,48,50-52,54,63,65-66,68H,11-16,19-21,24-33H2,1-3H3/t35-,36+,37-,38-,39-,40+,41-,42-,44+,45+,46+,48-,50-,51-,52-,54+,57+,58-,59-,60+,61+,62-/m1/s1. The van der Waals surface area contributed by atoms with E-state index in [1.165, 1.54) is 5.56 Å². The van der Waals surface area contributed by atoms with Crippen LogP contribution in [0.25, 0.3) is 0 Å². The quantitative estimate of drug-likeness (QED) is 0.138. The van der Waals surface area contributed by atoms with Gasteiger partial charge in [0, 0.05) is 53.3 Å². The van der Waals surface area contributed by atoms with Gasteiger partial charge in [-0.3, -0.25) is 14.9 Å². The van der Waals surface area contributed by atoms with Gasteiger partial charge in [0.05, 0.1) is 48.5 Å². The van der Waals surface area contributed by atoms with Crippen molar-refractivity contribution in [1.82, 2.24) is 10.2 Å². The molecule has 7 heterocycles.